The Morgan fingerprint density at radius 3 is 2.81 bits per heavy atom. The van der Waals surface area contributed by atoms with Gasteiger partial charge in [0.1, 0.15) is 6.54 Å². The smallest absolute Gasteiger partial charge is 0.244 e. The Labute approximate surface area is 128 Å². The fraction of sp³-hybridized carbons (Fsp3) is 0.118. The Balaban J connectivity index is 1.79. The molecule has 3 nitrogen and oxygen atoms in total. The number of carbonyl (C=O) groups is 1. The first-order valence-corrected chi connectivity index (χ1v) is 7.11. The number of nitrogens with one attached hydrogen (secondary N) is 1. The van der Waals surface area contributed by atoms with Gasteiger partial charge >= 0.3 is 0 Å². The van der Waals surface area contributed by atoms with E-state index in [1.54, 1.807) is 12.1 Å². The molecule has 0 saturated heterocycles. The van der Waals surface area contributed by atoms with Crippen molar-refractivity contribution in [2.75, 3.05) is 5.32 Å². The lowest BCUT2D eigenvalue weighted by atomic mass is 10.1. The molecule has 3 aromatic rings. The van der Waals surface area contributed by atoms with Crippen molar-refractivity contribution in [2.24, 2.45) is 0 Å². The van der Waals surface area contributed by atoms with Gasteiger partial charge in [-0.1, -0.05) is 29.8 Å². The van der Waals surface area contributed by atoms with Crippen LogP contribution in [0.5, 0.6) is 0 Å². The van der Waals surface area contributed by atoms with E-state index in [9.17, 15) is 4.79 Å². The van der Waals surface area contributed by atoms with Crippen LogP contribution in [0, 0.1) is 6.92 Å². The number of aryl methyl sites for hydroxylation is 1. The zero-order chi connectivity index (χ0) is 14.8. The van der Waals surface area contributed by atoms with Gasteiger partial charge in [-0.3, -0.25) is 4.79 Å². The molecule has 4 heteroatoms. The van der Waals surface area contributed by atoms with Crippen molar-refractivity contribution in [2.45, 2.75) is 13.5 Å². The molecule has 0 saturated carbocycles. The fourth-order valence-electron chi connectivity index (χ4n) is 2.44. The minimum absolute atomic E-state index is 0.0729. The second kappa shape index (κ2) is 5.62. The summed E-state index contributed by atoms with van der Waals surface area (Å²) in [6, 6.07) is 15.3. The van der Waals surface area contributed by atoms with Crippen LogP contribution >= 0.6 is 11.6 Å². The van der Waals surface area contributed by atoms with Crippen molar-refractivity contribution in [1.29, 1.82) is 0 Å². The predicted octanol–water partition coefficient (Wildman–Crippen LogP) is 4.24. The van der Waals surface area contributed by atoms with Crippen LogP contribution in [0.25, 0.3) is 10.9 Å². The topological polar surface area (TPSA) is 34.0 Å². The number of carbonyl (C=O) groups excluding carboxylic acids is 1. The highest BCUT2D eigenvalue weighted by Gasteiger charge is 2.07. The molecule has 1 amide bonds. The van der Waals surface area contributed by atoms with Gasteiger partial charge in [-0.25, -0.2) is 0 Å². The number of nitrogens with zero attached hydrogens (tertiary/aromatic N) is 1. The molecule has 1 aromatic heterocycles. The van der Waals surface area contributed by atoms with E-state index in [4.69, 9.17) is 11.6 Å². The number of amides is 1. The lowest BCUT2D eigenvalue weighted by molar-refractivity contribution is -0.116. The highest BCUT2D eigenvalue weighted by Crippen LogP contribution is 2.20. The third-order valence-corrected chi connectivity index (χ3v) is 3.69. The number of anilines is 1. The fourth-order valence-corrected chi connectivity index (χ4v) is 2.63. The normalized spacial score (nSPS) is 10.8. The van der Waals surface area contributed by atoms with E-state index in [-0.39, 0.29) is 12.5 Å². The molecule has 0 atom stereocenters. The summed E-state index contributed by atoms with van der Waals surface area (Å²) in [6.07, 6.45) is 1.94. The maximum atomic E-state index is 12.1. The van der Waals surface area contributed by atoms with Gasteiger partial charge < -0.3 is 9.88 Å². The molecule has 106 valence electrons. The van der Waals surface area contributed by atoms with E-state index in [1.165, 1.54) is 10.9 Å². The van der Waals surface area contributed by atoms with Gasteiger partial charge in [0, 0.05) is 27.8 Å². The van der Waals surface area contributed by atoms with Gasteiger partial charge in [0.2, 0.25) is 5.91 Å². The maximum Gasteiger partial charge on any atom is 0.244 e. The van der Waals surface area contributed by atoms with Crippen molar-refractivity contribution in [1.82, 2.24) is 4.57 Å². The van der Waals surface area contributed by atoms with Crippen LogP contribution in [-0.4, -0.2) is 10.5 Å². The number of fused-ring (bicyclic) bond motifs is 1. The summed E-state index contributed by atoms with van der Waals surface area (Å²) in [5, 5.41) is 4.64. The first kappa shape index (κ1) is 13.7. The minimum Gasteiger partial charge on any atom is -0.338 e. The quantitative estimate of drug-likeness (QED) is 0.771. The number of hydrogen-bond donors (Lipinski definition) is 1. The molecule has 0 spiro atoms. The van der Waals surface area contributed by atoms with Crippen molar-refractivity contribution in [3.8, 4) is 0 Å². The summed E-state index contributed by atoms with van der Waals surface area (Å²) < 4.78 is 1.95. The number of benzene rings is 2. The number of rotatable bonds is 3. The molecule has 0 unspecified atom stereocenters. The molecule has 0 bridgehead atoms. The molecule has 0 aliphatic rings. The predicted molar refractivity (Wildman–Crippen MR) is 86.8 cm³/mol. The van der Waals surface area contributed by atoms with Gasteiger partial charge in [0.05, 0.1) is 0 Å². The summed E-state index contributed by atoms with van der Waals surface area (Å²) in [4.78, 5) is 12.1. The van der Waals surface area contributed by atoms with Crippen LogP contribution in [-0.2, 0) is 11.3 Å². The Hall–Kier alpha value is -2.26. The molecule has 1 heterocycles. The van der Waals surface area contributed by atoms with E-state index in [2.05, 4.69) is 18.3 Å². The first-order chi connectivity index (χ1) is 10.1. The van der Waals surface area contributed by atoms with Crippen LogP contribution in [0.3, 0.4) is 0 Å². The minimum atomic E-state index is -0.0729. The van der Waals surface area contributed by atoms with E-state index in [0.717, 1.165) is 5.52 Å². The van der Waals surface area contributed by atoms with E-state index >= 15 is 0 Å². The zero-order valence-corrected chi connectivity index (χ0v) is 12.4. The summed E-state index contributed by atoms with van der Waals surface area (Å²) in [7, 11) is 0. The first-order valence-electron chi connectivity index (χ1n) is 6.73. The summed E-state index contributed by atoms with van der Waals surface area (Å²) in [5.41, 5.74) is 2.98. The number of halogens is 1. The van der Waals surface area contributed by atoms with E-state index < -0.39 is 0 Å². The number of aromatic nitrogens is 1. The average molecular weight is 299 g/mol. The molecule has 21 heavy (non-hydrogen) atoms. The number of hydrogen-bond acceptors (Lipinski definition) is 1. The van der Waals surface area contributed by atoms with Gasteiger partial charge in [0.25, 0.3) is 0 Å². The van der Waals surface area contributed by atoms with E-state index in [0.29, 0.717) is 10.7 Å². The second-order valence-electron chi connectivity index (χ2n) is 5.01. The zero-order valence-electron chi connectivity index (χ0n) is 11.6. The molecule has 3 rings (SSSR count). The Morgan fingerprint density at radius 2 is 2.00 bits per heavy atom. The molecular weight excluding hydrogens is 284 g/mol. The lowest BCUT2D eigenvalue weighted by Crippen LogP contribution is -2.18. The van der Waals surface area contributed by atoms with Crippen molar-refractivity contribution in [3.05, 3.63) is 65.3 Å². The molecule has 0 aliphatic carbocycles. The van der Waals surface area contributed by atoms with Gasteiger partial charge in [-0.15, -0.1) is 0 Å². The third-order valence-electron chi connectivity index (χ3n) is 3.45. The van der Waals surface area contributed by atoms with Crippen molar-refractivity contribution in [3.63, 3.8) is 0 Å². The summed E-state index contributed by atoms with van der Waals surface area (Å²) in [6.45, 7) is 2.35. The van der Waals surface area contributed by atoms with Gasteiger partial charge in [-0.2, -0.15) is 0 Å². The van der Waals surface area contributed by atoms with Crippen LogP contribution in [0.2, 0.25) is 5.02 Å². The Morgan fingerprint density at radius 1 is 1.19 bits per heavy atom. The lowest BCUT2D eigenvalue weighted by Gasteiger charge is -2.08. The highest BCUT2D eigenvalue weighted by molar-refractivity contribution is 6.30. The SMILES string of the molecule is Cc1cccc2c1ccn2CC(=O)Nc1cccc(Cl)c1. The molecule has 0 fully saturated rings. The van der Waals surface area contributed by atoms with Crippen LogP contribution in [0.15, 0.2) is 54.7 Å². The summed E-state index contributed by atoms with van der Waals surface area (Å²) >= 11 is 5.91. The molecule has 1 N–H and O–H groups in total. The van der Waals surface area contributed by atoms with Crippen molar-refractivity contribution >= 4 is 34.1 Å². The Kier molecular flexibility index (Phi) is 3.67. The summed E-state index contributed by atoms with van der Waals surface area (Å²) in [5.74, 6) is -0.0729. The Bertz CT molecular complexity index is 807. The van der Waals surface area contributed by atoms with Crippen LogP contribution < -0.4 is 5.32 Å². The second-order valence-corrected chi connectivity index (χ2v) is 5.45. The van der Waals surface area contributed by atoms with Gasteiger partial charge in [0.15, 0.2) is 0 Å². The largest absolute Gasteiger partial charge is 0.338 e. The standard InChI is InChI=1S/C17H15ClN2O/c1-12-4-2-7-16-15(12)8-9-20(16)11-17(21)19-14-6-3-5-13(18)10-14/h2-10H,11H2,1H3,(H,19,21). The maximum absolute atomic E-state index is 12.1. The van der Waals surface area contributed by atoms with Crippen molar-refractivity contribution < 1.29 is 4.79 Å². The van der Waals surface area contributed by atoms with E-state index in [1.807, 2.05) is 41.1 Å². The average Bonchev–Trinajstić information content (AvgIpc) is 2.83. The third kappa shape index (κ3) is 2.93. The molecule has 0 radical (unpaired) electrons. The molecular formula is C17H15ClN2O. The molecule has 2 aromatic carbocycles. The van der Waals surface area contributed by atoms with Crippen LogP contribution in [0.1, 0.15) is 5.56 Å². The van der Waals surface area contributed by atoms with Gasteiger partial charge in [-0.05, 0) is 42.8 Å². The highest BCUT2D eigenvalue weighted by atomic mass is 35.5. The monoisotopic (exact) mass is 298 g/mol. The van der Waals surface area contributed by atoms with Crippen LogP contribution in [0.4, 0.5) is 5.69 Å². The molecule has 0 aliphatic heterocycles.